The Morgan fingerprint density at radius 2 is 2.00 bits per heavy atom. The van der Waals surface area contributed by atoms with Crippen molar-refractivity contribution < 1.29 is 32.2 Å². The second-order valence-electron chi connectivity index (χ2n) is 2.87. The normalized spacial score (nSPS) is 11.0. The van der Waals surface area contributed by atoms with E-state index in [1.807, 2.05) is 0 Å². The quantitative estimate of drug-likeness (QED) is 0.460. The summed E-state index contributed by atoms with van der Waals surface area (Å²) in [5, 5.41) is 0. The van der Waals surface area contributed by atoms with Gasteiger partial charge in [0, 0.05) is 6.07 Å². The van der Waals surface area contributed by atoms with Crippen LogP contribution in [0.4, 0.5) is 13.2 Å². The van der Waals surface area contributed by atoms with Crippen LogP contribution < -0.4 is 9.47 Å². The molecule has 1 aromatic rings. The summed E-state index contributed by atoms with van der Waals surface area (Å²) in [6.45, 7) is 0. The van der Waals surface area contributed by atoms with Gasteiger partial charge in [0.25, 0.3) is 5.88 Å². The molecule has 0 saturated heterocycles. The van der Waals surface area contributed by atoms with E-state index in [9.17, 15) is 18.0 Å². The number of carbonyl (C=O) groups excluding carboxylic acids is 1. The molecule has 100 valence electrons. The van der Waals surface area contributed by atoms with Crippen LogP contribution in [0.25, 0.3) is 0 Å². The third-order valence-electron chi connectivity index (χ3n) is 1.73. The molecule has 0 amide bonds. The van der Waals surface area contributed by atoms with Gasteiger partial charge >= 0.3 is 12.3 Å². The fraction of sp³-hybridized carbons (Fsp3) is 0.333. The van der Waals surface area contributed by atoms with Gasteiger partial charge in [-0.1, -0.05) is 0 Å². The standard InChI is InChI=1S/C9H7F3INO4/c1-16-7-5(18-9(10,11)12)3-4(6(13)14-7)8(15)17-2/h3H,1-2H3. The molecule has 0 N–H and O–H groups in total. The van der Waals surface area contributed by atoms with E-state index in [0.717, 1.165) is 20.3 Å². The molecule has 5 nitrogen and oxygen atoms in total. The number of hydrogen-bond donors (Lipinski definition) is 0. The molecule has 1 heterocycles. The van der Waals surface area contributed by atoms with Gasteiger partial charge in [0.05, 0.1) is 19.8 Å². The minimum Gasteiger partial charge on any atom is -0.478 e. The number of hydrogen-bond acceptors (Lipinski definition) is 5. The second kappa shape index (κ2) is 5.59. The van der Waals surface area contributed by atoms with E-state index in [1.54, 1.807) is 22.6 Å². The summed E-state index contributed by atoms with van der Waals surface area (Å²) >= 11 is 1.67. The van der Waals surface area contributed by atoms with Crippen molar-refractivity contribution in [3.63, 3.8) is 0 Å². The molecule has 0 aliphatic heterocycles. The highest BCUT2D eigenvalue weighted by molar-refractivity contribution is 14.1. The number of esters is 1. The van der Waals surface area contributed by atoms with Gasteiger partial charge in [-0.2, -0.15) is 0 Å². The molecule has 0 saturated carbocycles. The predicted octanol–water partition coefficient (Wildman–Crippen LogP) is 2.38. The third kappa shape index (κ3) is 3.62. The number of alkyl halides is 3. The molecule has 0 atom stereocenters. The lowest BCUT2D eigenvalue weighted by Gasteiger charge is -2.13. The first kappa shape index (κ1) is 14.8. The number of carbonyl (C=O) groups is 1. The molecule has 0 fully saturated rings. The van der Waals surface area contributed by atoms with Crippen molar-refractivity contribution >= 4 is 28.6 Å². The van der Waals surface area contributed by atoms with Gasteiger partial charge in [-0.05, 0) is 22.6 Å². The Kier molecular flexibility index (Phi) is 4.59. The van der Waals surface area contributed by atoms with Gasteiger partial charge < -0.3 is 14.2 Å². The highest BCUT2D eigenvalue weighted by atomic mass is 127. The van der Waals surface area contributed by atoms with Crippen LogP contribution in [0, 0.1) is 3.70 Å². The smallest absolute Gasteiger partial charge is 0.478 e. The van der Waals surface area contributed by atoms with Crippen molar-refractivity contribution in [3.05, 3.63) is 15.3 Å². The van der Waals surface area contributed by atoms with Crippen molar-refractivity contribution in [2.75, 3.05) is 14.2 Å². The van der Waals surface area contributed by atoms with Crippen molar-refractivity contribution in [2.45, 2.75) is 6.36 Å². The van der Waals surface area contributed by atoms with E-state index in [0.29, 0.717) is 0 Å². The van der Waals surface area contributed by atoms with Crippen LogP contribution in [-0.2, 0) is 4.74 Å². The van der Waals surface area contributed by atoms with E-state index in [4.69, 9.17) is 0 Å². The number of nitrogens with zero attached hydrogens (tertiary/aromatic N) is 1. The van der Waals surface area contributed by atoms with Crippen LogP contribution >= 0.6 is 22.6 Å². The minimum absolute atomic E-state index is 0.141. The number of ether oxygens (including phenoxy) is 3. The van der Waals surface area contributed by atoms with E-state index < -0.39 is 18.1 Å². The maximum absolute atomic E-state index is 12.1. The number of rotatable bonds is 3. The van der Waals surface area contributed by atoms with Gasteiger partial charge in [-0.3, -0.25) is 0 Å². The average molecular weight is 377 g/mol. The third-order valence-corrected chi connectivity index (χ3v) is 2.55. The van der Waals surface area contributed by atoms with E-state index in [-0.39, 0.29) is 15.1 Å². The molecule has 18 heavy (non-hydrogen) atoms. The molecule has 0 aliphatic carbocycles. The highest BCUT2D eigenvalue weighted by Crippen LogP contribution is 2.32. The topological polar surface area (TPSA) is 57.7 Å². The zero-order chi connectivity index (χ0) is 13.9. The molecule has 0 aromatic carbocycles. The summed E-state index contributed by atoms with van der Waals surface area (Å²) in [4.78, 5) is 15.0. The minimum atomic E-state index is -4.91. The first-order valence-corrected chi connectivity index (χ1v) is 5.45. The summed E-state index contributed by atoms with van der Waals surface area (Å²) in [7, 11) is 2.24. The molecule has 9 heteroatoms. The van der Waals surface area contributed by atoms with Crippen molar-refractivity contribution in [1.82, 2.24) is 4.98 Å². The number of pyridine rings is 1. The van der Waals surface area contributed by atoms with Gasteiger partial charge in [-0.25, -0.2) is 9.78 Å². The summed E-state index contributed by atoms with van der Waals surface area (Å²) < 4.78 is 49.4. The van der Waals surface area contributed by atoms with E-state index >= 15 is 0 Å². The lowest BCUT2D eigenvalue weighted by molar-refractivity contribution is -0.275. The number of halogens is 4. The fourth-order valence-corrected chi connectivity index (χ4v) is 1.65. The molecule has 0 aliphatic rings. The second-order valence-corrected chi connectivity index (χ2v) is 3.90. The monoisotopic (exact) mass is 377 g/mol. The molecule has 0 bridgehead atoms. The lowest BCUT2D eigenvalue weighted by atomic mass is 10.3. The Morgan fingerprint density at radius 3 is 2.44 bits per heavy atom. The first-order valence-electron chi connectivity index (χ1n) is 4.37. The van der Waals surface area contributed by atoms with Gasteiger partial charge in [0.1, 0.15) is 3.70 Å². The Hall–Kier alpha value is -1.26. The van der Waals surface area contributed by atoms with Crippen molar-refractivity contribution in [3.8, 4) is 11.6 Å². The summed E-state index contributed by atoms with van der Waals surface area (Å²) in [5.41, 5.74) is -0.141. The number of methoxy groups -OCH3 is 2. The SMILES string of the molecule is COC(=O)c1cc(OC(F)(F)F)c(OC)nc1I. The van der Waals surface area contributed by atoms with Gasteiger partial charge in [0.15, 0.2) is 5.75 Å². The van der Waals surface area contributed by atoms with Crippen LogP contribution in [0.2, 0.25) is 0 Å². The average Bonchev–Trinajstić information content (AvgIpc) is 2.28. The Bertz CT molecular complexity index is 464. The largest absolute Gasteiger partial charge is 0.573 e. The molecule has 1 rings (SSSR count). The van der Waals surface area contributed by atoms with Crippen LogP contribution in [0.15, 0.2) is 6.07 Å². The summed E-state index contributed by atoms with van der Waals surface area (Å²) in [5.74, 6) is -1.89. The van der Waals surface area contributed by atoms with Gasteiger partial charge in [-0.15, -0.1) is 13.2 Å². The first-order chi connectivity index (χ1) is 8.28. The van der Waals surface area contributed by atoms with Crippen LogP contribution in [0.1, 0.15) is 10.4 Å². The molecular formula is C9H7F3INO4. The Labute approximate surface area is 113 Å². The maximum atomic E-state index is 12.1. The Morgan fingerprint density at radius 1 is 1.39 bits per heavy atom. The molecular weight excluding hydrogens is 370 g/mol. The summed E-state index contributed by atoms with van der Waals surface area (Å²) in [6.07, 6.45) is -4.91. The number of aromatic nitrogens is 1. The molecule has 0 radical (unpaired) electrons. The van der Waals surface area contributed by atoms with Crippen molar-refractivity contribution in [1.29, 1.82) is 0 Å². The molecule has 0 unspecified atom stereocenters. The Balaban J connectivity index is 3.26. The zero-order valence-electron chi connectivity index (χ0n) is 9.17. The van der Waals surface area contributed by atoms with E-state index in [1.165, 1.54) is 0 Å². The van der Waals surface area contributed by atoms with Crippen LogP contribution in [0.3, 0.4) is 0 Å². The lowest BCUT2D eigenvalue weighted by Crippen LogP contribution is -2.19. The molecule has 1 aromatic heterocycles. The van der Waals surface area contributed by atoms with Crippen LogP contribution in [-0.4, -0.2) is 31.5 Å². The zero-order valence-corrected chi connectivity index (χ0v) is 11.3. The van der Waals surface area contributed by atoms with Crippen LogP contribution in [0.5, 0.6) is 11.6 Å². The fourth-order valence-electron chi connectivity index (χ4n) is 1.05. The van der Waals surface area contributed by atoms with E-state index in [2.05, 4.69) is 19.2 Å². The van der Waals surface area contributed by atoms with Crippen molar-refractivity contribution in [2.24, 2.45) is 0 Å². The predicted molar refractivity (Wildman–Crippen MR) is 61.5 cm³/mol. The summed E-state index contributed by atoms with van der Waals surface area (Å²) in [6, 6.07) is 0.868. The molecule has 0 spiro atoms. The van der Waals surface area contributed by atoms with Gasteiger partial charge in [0.2, 0.25) is 0 Å². The highest BCUT2D eigenvalue weighted by Gasteiger charge is 2.33. The maximum Gasteiger partial charge on any atom is 0.573 e.